The number of aryl methyl sites for hydroxylation is 1. The second-order valence-electron chi connectivity index (χ2n) is 6.57. The Balaban J connectivity index is 1.56. The van der Waals surface area contributed by atoms with E-state index in [2.05, 4.69) is 0 Å². The second-order valence-corrected chi connectivity index (χ2v) is 8.54. The molecule has 0 amide bonds. The molecule has 0 atom stereocenters. The maximum atomic E-state index is 12.7. The molecule has 0 saturated carbocycles. The first kappa shape index (κ1) is 18.7. The average Bonchev–Trinajstić information content (AvgIpc) is 2.65. The Morgan fingerprint density at radius 3 is 2.23 bits per heavy atom. The third-order valence-corrected chi connectivity index (χ3v) is 6.58. The van der Waals surface area contributed by atoms with E-state index in [1.165, 1.54) is 0 Å². The number of piperidine rings is 1. The largest absolute Gasteiger partial charge is 0.497 e. The molecule has 3 rings (SSSR count). The summed E-state index contributed by atoms with van der Waals surface area (Å²) in [5.74, 6) is 1.63. The van der Waals surface area contributed by atoms with Gasteiger partial charge in [-0.1, -0.05) is 24.3 Å². The van der Waals surface area contributed by atoms with Gasteiger partial charge in [0.25, 0.3) is 0 Å². The molecule has 1 fully saturated rings. The van der Waals surface area contributed by atoms with Gasteiger partial charge in [-0.15, -0.1) is 0 Å². The predicted molar refractivity (Wildman–Crippen MR) is 102 cm³/mol. The second kappa shape index (κ2) is 8.10. The molecule has 0 aliphatic carbocycles. The first-order valence-corrected chi connectivity index (χ1v) is 10.4. The molecule has 0 unspecified atom stereocenters. The van der Waals surface area contributed by atoms with E-state index in [1.807, 2.05) is 55.5 Å². The fourth-order valence-corrected chi connectivity index (χ4v) is 4.80. The van der Waals surface area contributed by atoms with Gasteiger partial charge in [0.2, 0.25) is 10.0 Å². The Labute approximate surface area is 155 Å². The lowest BCUT2D eigenvalue weighted by molar-refractivity contribution is 0.135. The van der Waals surface area contributed by atoms with Crippen LogP contribution in [0.3, 0.4) is 0 Å². The Morgan fingerprint density at radius 2 is 1.62 bits per heavy atom. The van der Waals surface area contributed by atoms with Gasteiger partial charge < -0.3 is 9.47 Å². The molecule has 5 nitrogen and oxygen atoms in total. The standard InChI is InChI=1S/C20H25NO4S/c1-16-5-3-4-6-17(16)15-26(22,23)21-13-11-20(12-14-21)25-19-9-7-18(24-2)8-10-19/h3-10,20H,11-15H2,1-2H3. The number of ether oxygens (including phenoxy) is 2. The third kappa shape index (κ3) is 4.56. The van der Waals surface area contributed by atoms with Crippen molar-refractivity contribution in [1.29, 1.82) is 0 Å². The van der Waals surface area contributed by atoms with Crippen LogP contribution in [0.25, 0.3) is 0 Å². The third-order valence-electron chi connectivity index (χ3n) is 4.76. The summed E-state index contributed by atoms with van der Waals surface area (Å²) in [6, 6.07) is 15.1. The molecule has 2 aromatic carbocycles. The van der Waals surface area contributed by atoms with E-state index in [9.17, 15) is 8.42 Å². The summed E-state index contributed by atoms with van der Waals surface area (Å²) in [6.07, 6.45) is 1.42. The van der Waals surface area contributed by atoms with Gasteiger partial charge in [0.1, 0.15) is 17.6 Å². The fourth-order valence-electron chi connectivity index (χ4n) is 3.13. The molecule has 0 N–H and O–H groups in total. The minimum absolute atomic E-state index is 0.0355. The number of sulfonamides is 1. The first-order valence-electron chi connectivity index (χ1n) is 8.81. The van der Waals surface area contributed by atoms with Crippen LogP contribution in [0.15, 0.2) is 48.5 Å². The molecule has 0 bridgehead atoms. The maximum Gasteiger partial charge on any atom is 0.218 e. The molecule has 0 radical (unpaired) electrons. The molecular weight excluding hydrogens is 350 g/mol. The van der Waals surface area contributed by atoms with Gasteiger partial charge >= 0.3 is 0 Å². The summed E-state index contributed by atoms with van der Waals surface area (Å²) in [5.41, 5.74) is 1.87. The van der Waals surface area contributed by atoms with Crippen molar-refractivity contribution in [3.05, 3.63) is 59.7 Å². The van der Waals surface area contributed by atoms with Gasteiger partial charge in [-0.3, -0.25) is 0 Å². The summed E-state index contributed by atoms with van der Waals surface area (Å²) in [6.45, 7) is 2.93. The quantitative estimate of drug-likeness (QED) is 0.777. The normalized spacial score (nSPS) is 16.4. The zero-order valence-corrected chi connectivity index (χ0v) is 16.0. The van der Waals surface area contributed by atoms with Gasteiger partial charge in [0.15, 0.2) is 0 Å². The molecule has 26 heavy (non-hydrogen) atoms. The smallest absolute Gasteiger partial charge is 0.218 e. The summed E-state index contributed by atoms with van der Waals surface area (Å²) in [4.78, 5) is 0. The van der Waals surface area contributed by atoms with E-state index in [-0.39, 0.29) is 11.9 Å². The Morgan fingerprint density at radius 1 is 1.00 bits per heavy atom. The molecule has 2 aromatic rings. The zero-order valence-electron chi connectivity index (χ0n) is 15.2. The van der Waals surface area contributed by atoms with E-state index in [0.29, 0.717) is 25.9 Å². The summed E-state index contributed by atoms with van der Waals surface area (Å²) in [5, 5.41) is 0. The predicted octanol–water partition coefficient (Wildman–Crippen LogP) is 3.38. The van der Waals surface area contributed by atoms with Gasteiger partial charge in [0.05, 0.1) is 12.9 Å². The highest BCUT2D eigenvalue weighted by Crippen LogP contribution is 2.24. The number of rotatable bonds is 6. The highest BCUT2D eigenvalue weighted by Gasteiger charge is 2.29. The number of nitrogens with zero attached hydrogens (tertiary/aromatic N) is 1. The van der Waals surface area contributed by atoms with Crippen molar-refractivity contribution < 1.29 is 17.9 Å². The van der Waals surface area contributed by atoms with Crippen molar-refractivity contribution in [2.24, 2.45) is 0 Å². The lowest BCUT2D eigenvalue weighted by Crippen LogP contribution is -2.42. The summed E-state index contributed by atoms with van der Waals surface area (Å²) < 4.78 is 38.1. The van der Waals surface area contributed by atoms with Crippen LogP contribution < -0.4 is 9.47 Å². The van der Waals surface area contributed by atoms with E-state index in [1.54, 1.807) is 11.4 Å². The molecular formula is C20H25NO4S. The molecule has 1 aliphatic heterocycles. The van der Waals surface area contributed by atoms with Crippen LogP contribution >= 0.6 is 0 Å². The molecule has 1 saturated heterocycles. The molecule has 1 heterocycles. The summed E-state index contributed by atoms with van der Waals surface area (Å²) in [7, 11) is -1.67. The van der Waals surface area contributed by atoms with Gasteiger partial charge in [-0.2, -0.15) is 0 Å². The Kier molecular flexibility index (Phi) is 5.84. The van der Waals surface area contributed by atoms with Gasteiger partial charge in [-0.05, 0) is 55.2 Å². The van der Waals surface area contributed by atoms with Crippen molar-refractivity contribution in [3.63, 3.8) is 0 Å². The number of hydrogen-bond acceptors (Lipinski definition) is 4. The Hall–Kier alpha value is -2.05. The van der Waals surface area contributed by atoms with Crippen molar-refractivity contribution in [2.45, 2.75) is 31.6 Å². The first-order chi connectivity index (χ1) is 12.5. The molecule has 140 valence electrons. The zero-order chi connectivity index (χ0) is 18.6. The molecule has 1 aliphatic rings. The Bertz CT molecular complexity index is 825. The van der Waals surface area contributed by atoms with Crippen molar-refractivity contribution in [2.75, 3.05) is 20.2 Å². The SMILES string of the molecule is COc1ccc(OC2CCN(S(=O)(=O)Cc3ccccc3C)CC2)cc1. The maximum absolute atomic E-state index is 12.7. The molecule has 6 heteroatoms. The van der Waals surface area contributed by atoms with E-state index in [0.717, 1.165) is 22.6 Å². The van der Waals surface area contributed by atoms with Crippen LogP contribution in [-0.2, 0) is 15.8 Å². The molecule has 0 spiro atoms. The van der Waals surface area contributed by atoms with Crippen LogP contribution in [0.1, 0.15) is 24.0 Å². The highest BCUT2D eigenvalue weighted by molar-refractivity contribution is 7.88. The molecule has 0 aromatic heterocycles. The van der Waals surface area contributed by atoms with Crippen LogP contribution in [0, 0.1) is 6.92 Å². The highest BCUT2D eigenvalue weighted by atomic mass is 32.2. The fraction of sp³-hybridized carbons (Fsp3) is 0.400. The van der Waals surface area contributed by atoms with Gasteiger partial charge in [0, 0.05) is 13.1 Å². The van der Waals surface area contributed by atoms with Crippen LogP contribution in [0.4, 0.5) is 0 Å². The topological polar surface area (TPSA) is 55.8 Å². The van der Waals surface area contributed by atoms with Crippen LogP contribution in [-0.4, -0.2) is 39.0 Å². The average molecular weight is 375 g/mol. The van der Waals surface area contributed by atoms with E-state index >= 15 is 0 Å². The summed E-state index contributed by atoms with van der Waals surface area (Å²) >= 11 is 0. The van der Waals surface area contributed by atoms with Crippen molar-refractivity contribution in [1.82, 2.24) is 4.31 Å². The lowest BCUT2D eigenvalue weighted by atomic mass is 10.1. The minimum Gasteiger partial charge on any atom is -0.497 e. The van der Waals surface area contributed by atoms with Crippen molar-refractivity contribution >= 4 is 10.0 Å². The van der Waals surface area contributed by atoms with Gasteiger partial charge in [-0.25, -0.2) is 12.7 Å². The monoisotopic (exact) mass is 375 g/mol. The van der Waals surface area contributed by atoms with E-state index < -0.39 is 10.0 Å². The number of benzene rings is 2. The van der Waals surface area contributed by atoms with E-state index in [4.69, 9.17) is 9.47 Å². The number of methoxy groups -OCH3 is 1. The lowest BCUT2D eigenvalue weighted by Gasteiger charge is -2.31. The van der Waals surface area contributed by atoms with Crippen LogP contribution in [0.5, 0.6) is 11.5 Å². The number of hydrogen-bond donors (Lipinski definition) is 0. The minimum atomic E-state index is -3.30. The van der Waals surface area contributed by atoms with Crippen molar-refractivity contribution in [3.8, 4) is 11.5 Å². The van der Waals surface area contributed by atoms with Crippen LogP contribution in [0.2, 0.25) is 0 Å².